The Kier molecular flexibility index (Phi) is 2.48. The summed E-state index contributed by atoms with van der Waals surface area (Å²) in [5.74, 6) is 1.74. The number of hydrogen-bond acceptors (Lipinski definition) is 2. The fraction of sp³-hybridized carbons (Fsp3) is 0.300. The van der Waals surface area contributed by atoms with Crippen LogP contribution in [-0.4, -0.2) is 4.98 Å². The molecule has 0 saturated carbocycles. The molecule has 0 aliphatic rings. The van der Waals surface area contributed by atoms with Gasteiger partial charge in [-0.25, -0.2) is 4.98 Å². The van der Waals surface area contributed by atoms with Gasteiger partial charge < -0.3 is 4.42 Å². The van der Waals surface area contributed by atoms with Crippen LogP contribution < -0.4 is 0 Å². The van der Waals surface area contributed by atoms with Crippen LogP contribution in [-0.2, 0) is 0 Å². The van der Waals surface area contributed by atoms with Crippen molar-refractivity contribution in [1.29, 1.82) is 0 Å². The predicted molar refractivity (Wildman–Crippen MR) is 50.8 cm³/mol. The van der Waals surface area contributed by atoms with Gasteiger partial charge in [0.2, 0.25) is 0 Å². The highest BCUT2D eigenvalue weighted by molar-refractivity contribution is 5.55. The Hall–Kier alpha value is -1.31. The van der Waals surface area contributed by atoms with Crippen LogP contribution in [0.4, 0.5) is 0 Å². The van der Waals surface area contributed by atoms with E-state index in [1.807, 2.05) is 13.8 Å². The number of hydrogen-bond donors (Lipinski definition) is 0. The molecule has 0 aliphatic carbocycles. The molecule has 0 bridgehead atoms. The lowest BCUT2D eigenvalue weighted by atomic mass is 10.2. The average Bonchev–Trinajstić information content (AvgIpc) is 2.46. The zero-order chi connectivity index (χ0) is 9.14. The topological polar surface area (TPSA) is 26.0 Å². The molecule has 0 aromatic carbocycles. The maximum atomic E-state index is 5.42. The van der Waals surface area contributed by atoms with Crippen molar-refractivity contribution in [3.63, 3.8) is 0 Å². The molecule has 12 heavy (non-hydrogen) atoms. The first-order valence-electron chi connectivity index (χ1n) is 3.94. The van der Waals surface area contributed by atoms with Gasteiger partial charge in [-0.15, -0.1) is 0 Å². The van der Waals surface area contributed by atoms with E-state index in [1.165, 1.54) is 0 Å². The Morgan fingerprint density at radius 1 is 1.33 bits per heavy atom. The molecule has 64 valence electrons. The van der Waals surface area contributed by atoms with Crippen LogP contribution in [0.5, 0.6) is 0 Å². The predicted octanol–water partition coefficient (Wildman–Crippen LogP) is 3.08. The minimum atomic E-state index is 0.303. The number of aromatic nitrogens is 1. The summed E-state index contributed by atoms with van der Waals surface area (Å²) in [7, 11) is 0. The van der Waals surface area contributed by atoms with Crippen molar-refractivity contribution in [2.75, 3.05) is 0 Å². The number of rotatable bonds is 3. The van der Waals surface area contributed by atoms with E-state index in [-0.39, 0.29) is 0 Å². The van der Waals surface area contributed by atoms with Gasteiger partial charge >= 0.3 is 0 Å². The molecule has 0 atom stereocenters. The molecule has 0 saturated heterocycles. The van der Waals surface area contributed by atoms with E-state index in [2.05, 4.69) is 18.1 Å². The Labute approximate surface area is 72.6 Å². The van der Waals surface area contributed by atoms with Crippen LogP contribution in [0.15, 0.2) is 17.6 Å². The molecule has 0 radical (unpaired) electrons. The van der Waals surface area contributed by atoms with E-state index < -0.39 is 0 Å². The van der Waals surface area contributed by atoms with E-state index in [0.29, 0.717) is 11.7 Å². The van der Waals surface area contributed by atoms with Gasteiger partial charge in [-0.05, 0) is 12.2 Å². The van der Waals surface area contributed by atoms with E-state index in [9.17, 15) is 0 Å². The highest BCUT2D eigenvalue weighted by Gasteiger charge is 2.10. The summed E-state index contributed by atoms with van der Waals surface area (Å²) in [5.41, 5.74) is 0.772. The lowest BCUT2D eigenvalue weighted by molar-refractivity contribution is 0.464. The van der Waals surface area contributed by atoms with E-state index in [1.54, 1.807) is 12.2 Å². The lowest BCUT2D eigenvalue weighted by Crippen LogP contribution is -1.85. The first-order chi connectivity index (χ1) is 5.69. The summed E-state index contributed by atoms with van der Waals surface area (Å²) in [6, 6.07) is 0. The quantitative estimate of drug-likeness (QED) is 0.684. The molecule has 0 aliphatic heterocycles. The third-order valence-electron chi connectivity index (χ3n) is 1.57. The maximum absolute atomic E-state index is 5.42. The maximum Gasteiger partial charge on any atom is 0.198 e. The molecule has 2 heteroatoms. The van der Waals surface area contributed by atoms with Gasteiger partial charge in [0.1, 0.15) is 5.69 Å². The summed E-state index contributed by atoms with van der Waals surface area (Å²) in [5, 5.41) is 0. The summed E-state index contributed by atoms with van der Waals surface area (Å²) >= 11 is 0. The fourth-order valence-electron chi connectivity index (χ4n) is 0.901. The molecule has 1 rings (SSSR count). The summed E-state index contributed by atoms with van der Waals surface area (Å²) < 4.78 is 5.42. The minimum Gasteiger partial charge on any atom is -0.440 e. The van der Waals surface area contributed by atoms with Crippen LogP contribution in [0.25, 0.3) is 12.2 Å². The zero-order valence-corrected chi connectivity index (χ0v) is 7.50. The molecule has 0 fully saturated rings. The summed E-state index contributed by atoms with van der Waals surface area (Å²) in [4.78, 5) is 4.24. The van der Waals surface area contributed by atoms with E-state index >= 15 is 0 Å². The molecule has 0 unspecified atom stereocenters. The highest BCUT2D eigenvalue weighted by Crippen LogP contribution is 2.19. The van der Waals surface area contributed by atoms with Crippen LogP contribution in [0, 0.1) is 0 Å². The molecule has 1 heterocycles. The molecule has 0 N–H and O–H groups in total. The third-order valence-corrected chi connectivity index (χ3v) is 1.57. The van der Waals surface area contributed by atoms with Gasteiger partial charge in [0.05, 0.1) is 0 Å². The van der Waals surface area contributed by atoms with Gasteiger partial charge in [-0.1, -0.05) is 27.0 Å². The highest BCUT2D eigenvalue weighted by atomic mass is 16.4. The van der Waals surface area contributed by atoms with Crippen LogP contribution in [0.1, 0.15) is 37.1 Å². The third kappa shape index (κ3) is 1.47. The molecule has 1 aromatic rings. The smallest absolute Gasteiger partial charge is 0.198 e. The van der Waals surface area contributed by atoms with E-state index in [4.69, 9.17) is 4.42 Å². The second-order valence-electron chi connectivity index (χ2n) is 2.86. The van der Waals surface area contributed by atoms with Gasteiger partial charge in [0, 0.05) is 5.92 Å². The molecule has 1 aromatic heterocycles. The SMILES string of the molecule is C=Cc1nc(C(C)C)oc1C=C. The van der Waals surface area contributed by atoms with Crippen molar-refractivity contribution in [2.45, 2.75) is 19.8 Å². The second kappa shape index (κ2) is 3.39. The molecular weight excluding hydrogens is 150 g/mol. The fourth-order valence-corrected chi connectivity index (χ4v) is 0.901. The van der Waals surface area contributed by atoms with E-state index in [0.717, 1.165) is 11.6 Å². The molecule has 0 amide bonds. The van der Waals surface area contributed by atoms with Crippen molar-refractivity contribution in [3.8, 4) is 0 Å². The normalized spacial score (nSPS) is 10.2. The van der Waals surface area contributed by atoms with Crippen molar-refractivity contribution in [2.24, 2.45) is 0 Å². The summed E-state index contributed by atoms with van der Waals surface area (Å²) in [6.07, 6.45) is 3.32. The molecular formula is C10H13NO. The number of nitrogens with zero attached hydrogens (tertiary/aromatic N) is 1. The van der Waals surface area contributed by atoms with Crippen LogP contribution in [0.3, 0.4) is 0 Å². The van der Waals surface area contributed by atoms with Gasteiger partial charge in [-0.3, -0.25) is 0 Å². The molecule has 0 spiro atoms. The van der Waals surface area contributed by atoms with Crippen molar-refractivity contribution >= 4 is 12.2 Å². The Bertz CT molecular complexity index is 271. The first-order valence-corrected chi connectivity index (χ1v) is 3.94. The van der Waals surface area contributed by atoms with Gasteiger partial charge in [0.25, 0.3) is 0 Å². The minimum absolute atomic E-state index is 0.303. The largest absolute Gasteiger partial charge is 0.440 e. The van der Waals surface area contributed by atoms with Gasteiger partial charge in [-0.2, -0.15) is 0 Å². The number of oxazole rings is 1. The van der Waals surface area contributed by atoms with Gasteiger partial charge in [0.15, 0.2) is 11.7 Å². The second-order valence-corrected chi connectivity index (χ2v) is 2.86. The van der Waals surface area contributed by atoms with Crippen molar-refractivity contribution in [1.82, 2.24) is 4.98 Å². The van der Waals surface area contributed by atoms with Crippen molar-refractivity contribution < 1.29 is 4.42 Å². The Balaban J connectivity index is 3.13. The monoisotopic (exact) mass is 163 g/mol. The molecule has 2 nitrogen and oxygen atoms in total. The summed E-state index contributed by atoms with van der Waals surface area (Å²) in [6.45, 7) is 11.3. The average molecular weight is 163 g/mol. The first kappa shape index (κ1) is 8.78. The van der Waals surface area contributed by atoms with Crippen molar-refractivity contribution in [3.05, 3.63) is 30.5 Å². The standard InChI is InChI=1S/C10H13NO/c1-5-8-9(6-2)12-10(11-8)7(3)4/h5-7H,1-2H2,3-4H3. The van der Waals surface area contributed by atoms with Crippen LogP contribution >= 0.6 is 0 Å². The Morgan fingerprint density at radius 3 is 2.33 bits per heavy atom. The van der Waals surface area contributed by atoms with Crippen LogP contribution in [0.2, 0.25) is 0 Å². The Morgan fingerprint density at radius 2 is 2.00 bits per heavy atom. The lowest BCUT2D eigenvalue weighted by Gasteiger charge is -1.94. The zero-order valence-electron chi connectivity index (χ0n) is 7.50.